The number of halogens is 3. The first-order chi connectivity index (χ1) is 15.9. The SMILES string of the molecule is C=CC(F)C(F)(F)c1cc(C2CCC3CC(CCCCCC)CCC3C2)cc2ccccc12. The van der Waals surface area contributed by atoms with Crippen LogP contribution in [-0.4, -0.2) is 6.17 Å². The van der Waals surface area contributed by atoms with Crippen molar-refractivity contribution in [3.8, 4) is 0 Å². The van der Waals surface area contributed by atoms with Gasteiger partial charge in [-0.15, -0.1) is 0 Å². The molecule has 2 aromatic rings. The molecule has 2 aromatic carbocycles. The lowest BCUT2D eigenvalue weighted by atomic mass is 9.63. The van der Waals surface area contributed by atoms with Crippen molar-refractivity contribution < 1.29 is 13.2 Å². The Bertz CT molecular complexity index is 933. The van der Waals surface area contributed by atoms with Gasteiger partial charge in [-0.05, 0) is 78.2 Å². The molecule has 2 aliphatic rings. The third-order valence-corrected chi connectivity index (χ3v) is 8.46. The molecule has 0 bridgehead atoms. The number of hydrogen-bond donors (Lipinski definition) is 0. The molecule has 0 radical (unpaired) electrons. The minimum absolute atomic E-state index is 0.194. The van der Waals surface area contributed by atoms with Crippen LogP contribution >= 0.6 is 0 Å². The third kappa shape index (κ3) is 5.33. The molecule has 3 heteroatoms. The Morgan fingerprint density at radius 1 is 1.00 bits per heavy atom. The second-order valence-electron chi connectivity index (χ2n) is 10.6. The fourth-order valence-corrected chi connectivity index (χ4v) is 6.55. The first-order valence-electron chi connectivity index (χ1n) is 13.1. The Balaban J connectivity index is 1.50. The summed E-state index contributed by atoms with van der Waals surface area (Å²) in [7, 11) is 0. The predicted molar refractivity (Wildman–Crippen MR) is 133 cm³/mol. The van der Waals surface area contributed by atoms with E-state index in [1.165, 1.54) is 57.8 Å². The van der Waals surface area contributed by atoms with Crippen LogP contribution in [0.4, 0.5) is 13.2 Å². The van der Waals surface area contributed by atoms with E-state index >= 15 is 8.78 Å². The van der Waals surface area contributed by atoms with Gasteiger partial charge >= 0.3 is 5.92 Å². The molecule has 0 heterocycles. The Morgan fingerprint density at radius 2 is 1.76 bits per heavy atom. The van der Waals surface area contributed by atoms with E-state index in [9.17, 15) is 4.39 Å². The standard InChI is InChI=1S/C30H39F3/c1-3-5-6-7-10-21-13-14-23-18-24(16-15-22(23)17-21)26-19-25-11-8-9-12-27(25)28(20-26)30(32,33)29(31)4-2/h4,8-9,11-12,19-24,29H,2-3,5-7,10,13-18H2,1H3. The highest BCUT2D eigenvalue weighted by atomic mass is 19.3. The first-order valence-corrected chi connectivity index (χ1v) is 13.1. The molecule has 0 amide bonds. The number of rotatable bonds is 9. The topological polar surface area (TPSA) is 0 Å². The number of unbranched alkanes of at least 4 members (excludes halogenated alkanes) is 3. The number of benzene rings is 2. The zero-order chi connectivity index (χ0) is 23.4. The Morgan fingerprint density at radius 3 is 2.55 bits per heavy atom. The van der Waals surface area contributed by atoms with Gasteiger partial charge in [0.05, 0.1) is 0 Å². The number of allylic oxidation sites excluding steroid dienone is 1. The first kappa shape index (κ1) is 24.4. The summed E-state index contributed by atoms with van der Waals surface area (Å²) in [5.74, 6) is -0.916. The van der Waals surface area contributed by atoms with Crippen LogP contribution in [0.1, 0.15) is 94.6 Å². The molecule has 33 heavy (non-hydrogen) atoms. The molecule has 0 aliphatic heterocycles. The molecule has 0 N–H and O–H groups in total. The summed E-state index contributed by atoms with van der Waals surface area (Å²) < 4.78 is 44.3. The molecule has 4 rings (SSSR count). The minimum Gasteiger partial charge on any atom is -0.236 e. The summed E-state index contributed by atoms with van der Waals surface area (Å²) in [6, 6.07) is 10.8. The Labute approximate surface area is 197 Å². The van der Waals surface area contributed by atoms with Crippen LogP contribution in [0.5, 0.6) is 0 Å². The highest BCUT2D eigenvalue weighted by molar-refractivity contribution is 5.87. The zero-order valence-corrected chi connectivity index (χ0v) is 20.0. The lowest BCUT2D eigenvalue weighted by molar-refractivity contribution is -0.0583. The van der Waals surface area contributed by atoms with Crippen molar-refractivity contribution in [3.05, 3.63) is 60.2 Å². The average Bonchev–Trinajstić information content (AvgIpc) is 2.85. The molecule has 2 saturated carbocycles. The predicted octanol–water partition coefficient (Wildman–Crippen LogP) is 9.73. The Kier molecular flexibility index (Phi) is 7.87. The number of hydrogen-bond acceptors (Lipinski definition) is 0. The summed E-state index contributed by atoms with van der Waals surface area (Å²) >= 11 is 0. The maximum atomic E-state index is 15.0. The van der Waals surface area contributed by atoms with Crippen LogP contribution in [0.3, 0.4) is 0 Å². The van der Waals surface area contributed by atoms with Crippen molar-refractivity contribution >= 4 is 10.8 Å². The van der Waals surface area contributed by atoms with E-state index < -0.39 is 12.1 Å². The smallest absolute Gasteiger partial charge is 0.236 e. The number of fused-ring (bicyclic) bond motifs is 2. The maximum absolute atomic E-state index is 15.0. The largest absolute Gasteiger partial charge is 0.307 e. The van der Waals surface area contributed by atoms with E-state index in [-0.39, 0.29) is 11.5 Å². The molecule has 0 nitrogen and oxygen atoms in total. The van der Waals surface area contributed by atoms with Crippen LogP contribution in [-0.2, 0) is 5.92 Å². The van der Waals surface area contributed by atoms with Crippen molar-refractivity contribution in [2.75, 3.05) is 0 Å². The van der Waals surface area contributed by atoms with Gasteiger partial charge in [-0.1, -0.05) is 88.4 Å². The van der Waals surface area contributed by atoms with E-state index in [4.69, 9.17) is 0 Å². The van der Waals surface area contributed by atoms with Crippen molar-refractivity contribution in [1.82, 2.24) is 0 Å². The molecule has 5 unspecified atom stereocenters. The summed E-state index contributed by atoms with van der Waals surface area (Å²) in [6.45, 7) is 5.53. The second kappa shape index (κ2) is 10.7. The van der Waals surface area contributed by atoms with Gasteiger partial charge in [-0.2, -0.15) is 8.78 Å². The summed E-state index contributed by atoms with van der Waals surface area (Å²) in [4.78, 5) is 0. The van der Waals surface area contributed by atoms with Gasteiger partial charge < -0.3 is 0 Å². The van der Waals surface area contributed by atoms with Crippen molar-refractivity contribution in [2.45, 2.75) is 95.6 Å². The quantitative estimate of drug-likeness (QED) is 0.260. The van der Waals surface area contributed by atoms with Gasteiger partial charge in [0, 0.05) is 5.56 Å². The van der Waals surface area contributed by atoms with Crippen LogP contribution in [0.25, 0.3) is 10.8 Å². The van der Waals surface area contributed by atoms with E-state index in [1.54, 1.807) is 18.2 Å². The lowest BCUT2D eigenvalue weighted by Crippen LogP contribution is -2.31. The van der Waals surface area contributed by atoms with E-state index in [2.05, 4.69) is 19.6 Å². The molecule has 0 aromatic heterocycles. The molecule has 2 fully saturated rings. The van der Waals surface area contributed by atoms with Crippen LogP contribution < -0.4 is 0 Å². The molecular formula is C30H39F3. The maximum Gasteiger partial charge on any atom is 0.307 e. The van der Waals surface area contributed by atoms with Gasteiger partial charge in [0.1, 0.15) is 0 Å². The van der Waals surface area contributed by atoms with Gasteiger partial charge in [0.15, 0.2) is 6.17 Å². The molecular weight excluding hydrogens is 417 g/mol. The summed E-state index contributed by atoms with van der Waals surface area (Å²) in [5, 5.41) is 1.21. The van der Waals surface area contributed by atoms with Crippen molar-refractivity contribution in [1.29, 1.82) is 0 Å². The van der Waals surface area contributed by atoms with E-state index in [1.807, 2.05) is 12.1 Å². The lowest BCUT2D eigenvalue weighted by Gasteiger charge is -2.42. The van der Waals surface area contributed by atoms with Gasteiger partial charge in [-0.3, -0.25) is 0 Å². The van der Waals surface area contributed by atoms with Crippen molar-refractivity contribution in [3.63, 3.8) is 0 Å². The van der Waals surface area contributed by atoms with Crippen LogP contribution in [0.15, 0.2) is 49.1 Å². The zero-order valence-electron chi connectivity index (χ0n) is 20.0. The molecule has 5 atom stereocenters. The van der Waals surface area contributed by atoms with Gasteiger partial charge in [-0.25, -0.2) is 4.39 Å². The monoisotopic (exact) mass is 456 g/mol. The normalized spacial score (nSPS) is 26.7. The highest BCUT2D eigenvalue weighted by Gasteiger charge is 2.42. The fourth-order valence-electron chi connectivity index (χ4n) is 6.55. The second-order valence-corrected chi connectivity index (χ2v) is 10.6. The third-order valence-electron chi connectivity index (χ3n) is 8.46. The van der Waals surface area contributed by atoms with E-state index in [0.29, 0.717) is 17.4 Å². The minimum atomic E-state index is -3.58. The summed E-state index contributed by atoms with van der Waals surface area (Å²) in [5.41, 5.74) is 0.765. The summed E-state index contributed by atoms with van der Waals surface area (Å²) in [6.07, 6.45) is 12.4. The average molecular weight is 457 g/mol. The van der Waals surface area contributed by atoms with E-state index in [0.717, 1.165) is 35.6 Å². The molecule has 0 spiro atoms. The Hall–Kier alpha value is -1.77. The van der Waals surface area contributed by atoms with Crippen LogP contribution in [0.2, 0.25) is 0 Å². The fraction of sp³-hybridized carbons (Fsp3) is 0.600. The molecule has 180 valence electrons. The number of alkyl halides is 3. The van der Waals surface area contributed by atoms with Gasteiger partial charge in [0.25, 0.3) is 0 Å². The van der Waals surface area contributed by atoms with Crippen LogP contribution in [0, 0.1) is 17.8 Å². The molecule has 2 aliphatic carbocycles. The van der Waals surface area contributed by atoms with Gasteiger partial charge in [0.2, 0.25) is 0 Å². The molecule has 0 saturated heterocycles. The van der Waals surface area contributed by atoms with Crippen molar-refractivity contribution in [2.24, 2.45) is 17.8 Å². The highest BCUT2D eigenvalue weighted by Crippen LogP contribution is 2.49.